The first-order valence-electron chi connectivity index (χ1n) is 10.8. The Hall–Kier alpha value is -3.47. The van der Waals surface area contributed by atoms with E-state index < -0.39 is 17.1 Å². The molecule has 188 valence electrons. The van der Waals surface area contributed by atoms with Gasteiger partial charge in [0.25, 0.3) is 11.1 Å². The fourth-order valence-electron chi connectivity index (χ4n) is 3.67. The van der Waals surface area contributed by atoms with E-state index in [0.29, 0.717) is 39.0 Å². The molecule has 0 unspecified atom stereocenters. The van der Waals surface area contributed by atoms with E-state index in [1.165, 1.54) is 7.11 Å². The molecule has 1 fully saturated rings. The van der Waals surface area contributed by atoms with Crippen molar-refractivity contribution in [2.75, 3.05) is 13.9 Å². The first-order valence-corrected chi connectivity index (χ1v) is 12.8. The summed E-state index contributed by atoms with van der Waals surface area (Å²) in [5.74, 6) is 0.541. The summed E-state index contributed by atoms with van der Waals surface area (Å²) in [7, 11) is 1.44. The monoisotopic (exact) mass is 601 g/mol. The van der Waals surface area contributed by atoms with Gasteiger partial charge in [0.15, 0.2) is 23.0 Å². The molecular weight excluding hydrogens is 586 g/mol. The molecule has 0 saturated carbocycles. The number of fused-ring (bicyclic) bond motifs is 1. The largest absolute Gasteiger partial charge is 0.493 e. The number of benzene rings is 3. The van der Waals surface area contributed by atoms with Gasteiger partial charge in [-0.3, -0.25) is 14.5 Å². The number of hydrogen-bond donors (Lipinski definition) is 0. The lowest BCUT2D eigenvalue weighted by Gasteiger charge is -2.14. The lowest BCUT2D eigenvalue weighted by molar-refractivity contribution is -0.123. The summed E-state index contributed by atoms with van der Waals surface area (Å²) >= 11 is 10.5. The summed E-state index contributed by atoms with van der Waals surface area (Å²) in [5.41, 5.74) is 1.52. The smallest absolute Gasteiger partial charge is 0.343 e. The normalized spacial score (nSPS) is 15.4. The van der Waals surface area contributed by atoms with Gasteiger partial charge in [0.2, 0.25) is 6.79 Å². The number of rotatable bonds is 6. The van der Waals surface area contributed by atoms with E-state index in [1.54, 1.807) is 60.7 Å². The van der Waals surface area contributed by atoms with Gasteiger partial charge in [-0.1, -0.05) is 39.7 Å². The quantitative estimate of drug-likeness (QED) is 0.185. The standard InChI is InChI=1S/C26H17BrClNO7S/c1-33-20-7-14(5-6-19(20)36-25(31)15-3-2-4-17(27)9-15)8-23-24(30)29(26(32)37-23)12-16-10-21-22(11-18(16)28)35-13-34-21/h2-11H,12-13H2,1H3/b23-8-. The van der Waals surface area contributed by atoms with Crippen LogP contribution in [0, 0.1) is 0 Å². The van der Waals surface area contributed by atoms with Crippen LogP contribution in [0.4, 0.5) is 4.79 Å². The highest BCUT2D eigenvalue weighted by molar-refractivity contribution is 9.10. The molecule has 2 aliphatic heterocycles. The third-order valence-electron chi connectivity index (χ3n) is 5.49. The molecule has 37 heavy (non-hydrogen) atoms. The highest BCUT2D eigenvalue weighted by Crippen LogP contribution is 2.40. The summed E-state index contributed by atoms with van der Waals surface area (Å²) in [6, 6.07) is 14.9. The van der Waals surface area contributed by atoms with E-state index in [2.05, 4.69) is 15.9 Å². The number of imide groups is 1. The number of nitrogens with zero attached hydrogens (tertiary/aromatic N) is 1. The van der Waals surface area contributed by atoms with Gasteiger partial charge in [0, 0.05) is 15.6 Å². The van der Waals surface area contributed by atoms with Gasteiger partial charge in [-0.05, 0) is 65.4 Å². The van der Waals surface area contributed by atoms with Crippen molar-refractivity contribution in [1.82, 2.24) is 4.90 Å². The van der Waals surface area contributed by atoms with Crippen molar-refractivity contribution in [3.8, 4) is 23.0 Å². The Labute approximate surface area is 229 Å². The molecule has 0 bridgehead atoms. The van der Waals surface area contributed by atoms with Crippen LogP contribution in [0.2, 0.25) is 5.02 Å². The SMILES string of the molecule is COc1cc(/C=C2\SC(=O)N(Cc3cc4c(cc3Cl)OCO4)C2=O)ccc1OC(=O)c1cccc(Br)c1. The third kappa shape index (κ3) is 5.31. The first-order chi connectivity index (χ1) is 17.8. The molecule has 0 radical (unpaired) electrons. The van der Waals surface area contributed by atoms with E-state index in [1.807, 2.05) is 0 Å². The Morgan fingerprint density at radius 3 is 2.65 bits per heavy atom. The van der Waals surface area contributed by atoms with Crippen molar-refractivity contribution in [2.24, 2.45) is 0 Å². The third-order valence-corrected chi connectivity index (χ3v) is 7.24. The van der Waals surface area contributed by atoms with Crippen molar-refractivity contribution in [2.45, 2.75) is 6.54 Å². The van der Waals surface area contributed by atoms with E-state index in [0.717, 1.165) is 21.1 Å². The summed E-state index contributed by atoms with van der Waals surface area (Å²) in [6.07, 6.45) is 1.58. The Balaban J connectivity index is 1.33. The number of methoxy groups -OCH3 is 1. The zero-order valence-corrected chi connectivity index (χ0v) is 22.3. The Morgan fingerprint density at radius 1 is 1.11 bits per heavy atom. The minimum absolute atomic E-state index is 0.00864. The fourth-order valence-corrected chi connectivity index (χ4v) is 5.12. The van der Waals surface area contributed by atoms with E-state index in [4.69, 9.17) is 30.5 Å². The van der Waals surface area contributed by atoms with Crippen LogP contribution in [-0.2, 0) is 11.3 Å². The van der Waals surface area contributed by atoms with Gasteiger partial charge in [-0.2, -0.15) is 0 Å². The van der Waals surface area contributed by atoms with Crippen molar-refractivity contribution in [1.29, 1.82) is 0 Å². The topological polar surface area (TPSA) is 91.4 Å². The van der Waals surface area contributed by atoms with Crippen LogP contribution in [-0.4, -0.2) is 35.9 Å². The highest BCUT2D eigenvalue weighted by atomic mass is 79.9. The number of halogens is 2. The molecule has 2 amide bonds. The fraction of sp³-hybridized carbons (Fsp3) is 0.115. The zero-order chi connectivity index (χ0) is 26.1. The number of esters is 1. The van der Waals surface area contributed by atoms with Gasteiger partial charge in [-0.25, -0.2) is 4.79 Å². The number of hydrogen-bond acceptors (Lipinski definition) is 8. The maximum Gasteiger partial charge on any atom is 0.343 e. The average Bonchev–Trinajstić information content (AvgIpc) is 3.43. The van der Waals surface area contributed by atoms with Crippen LogP contribution >= 0.6 is 39.3 Å². The number of amides is 2. The van der Waals surface area contributed by atoms with Crippen molar-refractivity contribution < 1.29 is 33.3 Å². The van der Waals surface area contributed by atoms with Gasteiger partial charge in [-0.15, -0.1) is 0 Å². The first kappa shape index (κ1) is 25.2. The number of carbonyl (C=O) groups excluding carboxylic acids is 3. The Morgan fingerprint density at radius 2 is 1.89 bits per heavy atom. The molecule has 3 aromatic rings. The second-order valence-electron chi connectivity index (χ2n) is 7.87. The molecule has 0 atom stereocenters. The maximum absolute atomic E-state index is 13.0. The lowest BCUT2D eigenvalue weighted by Crippen LogP contribution is -2.27. The number of ether oxygens (including phenoxy) is 4. The molecule has 8 nitrogen and oxygen atoms in total. The average molecular weight is 603 g/mol. The molecule has 1 saturated heterocycles. The second kappa shape index (κ2) is 10.5. The van der Waals surface area contributed by atoms with E-state index in [9.17, 15) is 14.4 Å². The molecule has 3 aromatic carbocycles. The molecule has 5 rings (SSSR count). The van der Waals surface area contributed by atoms with Crippen molar-refractivity contribution in [3.05, 3.63) is 85.7 Å². The minimum Gasteiger partial charge on any atom is -0.493 e. The van der Waals surface area contributed by atoms with E-state index >= 15 is 0 Å². The Bertz CT molecular complexity index is 1480. The summed E-state index contributed by atoms with van der Waals surface area (Å²) in [6.45, 7) is 0.0796. The van der Waals surface area contributed by atoms with E-state index in [-0.39, 0.29) is 24.0 Å². The van der Waals surface area contributed by atoms with Crippen LogP contribution in [0.1, 0.15) is 21.5 Å². The minimum atomic E-state index is -0.546. The maximum atomic E-state index is 13.0. The molecule has 0 aliphatic carbocycles. The predicted octanol–water partition coefficient (Wildman–Crippen LogP) is 6.30. The van der Waals surface area contributed by atoms with Crippen LogP contribution in [0.3, 0.4) is 0 Å². The molecule has 2 aliphatic rings. The molecule has 0 spiro atoms. The van der Waals surface area contributed by atoms with Crippen LogP contribution in [0.15, 0.2) is 64.0 Å². The van der Waals surface area contributed by atoms with Gasteiger partial charge < -0.3 is 18.9 Å². The predicted molar refractivity (Wildman–Crippen MR) is 141 cm³/mol. The molecule has 0 N–H and O–H groups in total. The molecular formula is C26H17BrClNO7S. The van der Waals surface area contributed by atoms with Crippen LogP contribution in [0.25, 0.3) is 6.08 Å². The van der Waals surface area contributed by atoms with Crippen molar-refractivity contribution in [3.63, 3.8) is 0 Å². The molecule has 2 heterocycles. The molecule has 0 aromatic heterocycles. The van der Waals surface area contributed by atoms with Crippen LogP contribution < -0.4 is 18.9 Å². The summed E-state index contributed by atoms with van der Waals surface area (Å²) in [4.78, 5) is 39.5. The highest BCUT2D eigenvalue weighted by Gasteiger charge is 2.36. The summed E-state index contributed by atoms with van der Waals surface area (Å²) in [5, 5.41) is -0.0541. The van der Waals surface area contributed by atoms with Gasteiger partial charge in [0.05, 0.1) is 24.1 Å². The van der Waals surface area contributed by atoms with Crippen molar-refractivity contribution >= 4 is 62.5 Å². The lowest BCUT2D eigenvalue weighted by atomic mass is 10.1. The van der Waals surface area contributed by atoms with Gasteiger partial charge >= 0.3 is 5.97 Å². The van der Waals surface area contributed by atoms with Crippen LogP contribution in [0.5, 0.6) is 23.0 Å². The van der Waals surface area contributed by atoms with Gasteiger partial charge in [0.1, 0.15) is 0 Å². The number of thioether (sulfide) groups is 1. The Kier molecular flexibility index (Phi) is 7.14. The molecule has 11 heteroatoms. The summed E-state index contributed by atoms with van der Waals surface area (Å²) < 4.78 is 22.3. The zero-order valence-electron chi connectivity index (χ0n) is 19.2. The second-order valence-corrected chi connectivity index (χ2v) is 10.2. The number of carbonyl (C=O) groups is 3.